The average molecular weight is 457 g/mol. The molecule has 2 atom stereocenters. The second kappa shape index (κ2) is 11.6. The van der Waals surface area contributed by atoms with Crippen LogP contribution in [0.1, 0.15) is 24.8 Å². The van der Waals surface area contributed by atoms with Crippen LogP contribution in [-0.2, 0) is 11.3 Å². The maximum absolute atomic E-state index is 13.1. The largest absolute Gasteiger partial charge is 0.497 e. The first kappa shape index (κ1) is 24.4. The molecule has 0 saturated carbocycles. The highest BCUT2D eigenvalue weighted by Gasteiger charge is 2.30. The summed E-state index contributed by atoms with van der Waals surface area (Å²) in [5.41, 5.74) is 0.839. The van der Waals surface area contributed by atoms with Gasteiger partial charge in [-0.3, -0.25) is 4.79 Å². The molecule has 1 saturated heterocycles. The normalized spacial score (nSPS) is 18.4. The number of methoxy groups -OCH3 is 2. The van der Waals surface area contributed by atoms with Crippen LogP contribution in [0.4, 0.5) is 4.79 Å². The van der Waals surface area contributed by atoms with Crippen LogP contribution in [0.5, 0.6) is 17.2 Å². The average Bonchev–Trinajstić information content (AvgIpc) is 2.82. The molecule has 2 unspecified atom stereocenters. The summed E-state index contributed by atoms with van der Waals surface area (Å²) < 4.78 is 16.4. The van der Waals surface area contributed by atoms with Crippen molar-refractivity contribution in [1.29, 1.82) is 0 Å². The number of amides is 1. The number of aliphatic carboxylic acids is 1. The molecule has 0 radical (unpaired) electrons. The quantitative estimate of drug-likeness (QED) is 0.612. The molecular weight excluding hydrogens is 424 g/mol. The van der Waals surface area contributed by atoms with Gasteiger partial charge in [0.1, 0.15) is 17.2 Å². The van der Waals surface area contributed by atoms with Crippen LogP contribution in [0, 0.1) is 5.92 Å². The summed E-state index contributed by atoms with van der Waals surface area (Å²) >= 11 is 0. The van der Waals surface area contributed by atoms with Crippen molar-refractivity contribution in [2.45, 2.75) is 31.8 Å². The molecule has 3 rings (SSSR count). The first-order valence-electron chi connectivity index (χ1n) is 11.1. The first-order valence-corrected chi connectivity index (χ1v) is 11.1. The molecule has 178 valence electrons. The molecule has 0 aliphatic carbocycles. The molecule has 1 aliphatic rings. The lowest BCUT2D eigenvalue weighted by Crippen LogP contribution is -2.45. The molecule has 33 heavy (non-hydrogen) atoms. The Morgan fingerprint density at radius 3 is 2.45 bits per heavy atom. The Bertz CT molecular complexity index is 936. The van der Waals surface area contributed by atoms with E-state index >= 15 is 0 Å². The van der Waals surface area contributed by atoms with Crippen molar-refractivity contribution in [1.82, 2.24) is 9.80 Å². The Hall–Kier alpha value is -3.26. The van der Waals surface area contributed by atoms with Crippen molar-refractivity contribution in [3.63, 3.8) is 0 Å². The highest BCUT2D eigenvalue weighted by molar-refractivity contribution is 5.71. The Morgan fingerprint density at radius 2 is 1.82 bits per heavy atom. The summed E-state index contributed by atoms with van der Waals surface area (Å²) in [6, 6.07) is 14.7. The molecule has 1 amide bonds. The van der Waals surface area contributed by atoms with E-state index in [1.807, 2.05) is 37.4 Å². The number of likely N-dealkylation sites (tertiary alicyclic amines) is 1. The Balaban J connectivity index is 1.73. The summed E-state index contributed by atoms with van der Waals surface area (Å²) in [7, 11) is 5.12. The van der Waals surface area contributed by atoms with E-state index in [0.717, 1.165) is 12.0 Å². The maximum atomic E-state index is 13.1. The van der Waals surface area contributed by atoms with Gasteiger partial charge in [0, 0.05) is 30.8 Å². The second-order valence-electron chi connectivity index (χ2n) is 8.27. The number of para-hydroxylation sites is 1. The van der Waals surface area contributed by atoms with Crippen LogP contribution < -0.4 is 14.2 Å². The lowest BCUT2D eigenvalue weighted by atomic mass is 9.91. The van der Waals surface area contributed by atoms with E-state index in [2.05, 4.69) is 4.90 Å². The molecule has 8 heteroatoms. The molecule has 1 heterocycles. The van der Waals surface area contributed by atoms with Gasteiger partial charge < -0.3 is 29.1 Å². The fraction of sp³-hybridized carbons (Fsp3) is 0.440. The number of carboxylic acid groups (broad SMARTS) is 1. The number of rotatable bonds is 9. The smallest absolute Gasteiger partial charge is 0.415 e. The Labute approximate surface area is 194 Å². The van der Waals surface area contributed by atoms with Crippen molar-refractivity contribution in [2.24, 2.45) is 5.92 Å². The number of carbonyl (C=O) groups excluding carboxylic acids is 1. The van der Waals surface area contributed by atoms with Gasteiger partial charge in [-0.1, -0.05) is 18.2 Å². The predicted molar refractivity (Wildman–Crippen MR) is 124 cm³/mol. The van der Waals surface area contributed by atoms with E-state index in [0.29, 0.717) is 49.7 Å². The summed E-state index contributed by atoms with van der Waals surface area (Å²) in [6.07, 6.45) is 1.69. The van der Waals surface area contributed by atoms with Gasteiger partial charge in [0.05, 0.1) is 26.7 Å². The standard InChI is InChI=1S/C25H32N2O6/c1-26-16-19(24(28)29)9-11-20(26)13-14-27(25(30)33-21-7-5-4-6-8-21)17-18-10-12-22(31-2)15-23(18)32-3/h4-8,10,12,15,19-20H,9,11,13-14,16-17H2,1-3H3,(H,28,29). The molecule has 2 aromatic carbocycles. The number of carbonyl (C=O) groups is 2. The van der Waals surface area contributed by atoms with Gasteiger partial charge in [0.15, 0.2) is 0 Å². The lowest BCUT2D eigenvalue weighted by Gasteiger charge is -2.36. The van der Waals surface area contributed by atoms with E-state index < -0.39 is 12.1 Å². The zero-order chi connectivity index (χ0) is 23.8. The Kier molecular flexibility index (Phi) is 8.54. The van der Waals surface area contributed by atoms with Gasteiger partial charge in [0.25, 0.3) is 0 Å². The Morgan fingerprint density at radius 1 is 1.06 bits per heavy atom. The van der Waals surface area contributed by atoms with Gasteiger partial charge in [-0.25, -0.2) is 4.79 Å². The number of nitrogens with zero attached hydrogens (tertiary/aromatic N) is 2. The number of carboxylic acids is 1. The van der Waals surface area contributed by atoms with Crippen molar-refractivity contribution < 1.29 is 28.9 Å². The van der Waals surface area contributed by atoms with E-state index in [-0.39, 0.29) is 12.0 Å². The third kappa shape index (κ3) is 6.61. The van der Waals surface area contributed by atoms with Crippen LogP contribution in [-0.4, -0.2) is 67.4 Å². The maximum Gasteiger partial charge on any atom is 0.415 e. The number of ether oxygens (including phenoxy) is 3. The van der Waals surface area contributed by atoms with Gasteiger partial charge in [-0.15, -0.1) is 0 Å². The molecule has 1 aliphatic heterocycles. The van der Waals surface area contributed by atoms with Crippen molar-refractivity contribution in [3.05, 3.63) is 54.1 Å². The summed E-state index contributed by atoms with van der Waals surface area (Å²) in [5, 5.41) is 9.31. The van der Waals surface area contributed by atoms with Gasteiger partial charge in [0.2, 0.25) is 0 Å². The molecule has 2 aromatic rings. The van der Waals surface area contributed by atoms with Crippen LogP contribution in [0.15, 0.2) is 48.5 Å². The fourth-order valence-corrected chi connectivity index (χ4v) is 4.15. The van der Waals surface area contributed by atoms with E-state index in [9.17, 15) is 14.7 Å². The zero-order valence-corrected chi connectivity index (χ0v) is 19.4. The molecule has 8 nitrogen and oxygen atoms in total. The number of hydrogen-bond donors (Lipinski definition) is 1. The number of piperidine rings is 1. The van der Waals surface area contributed by atoms with Gasteiger partial charge in [-0.05, 0) is 50.6 Å². The molecule has 0 spiro atoms. The van der Waals surface area contributed by atoms with E-state index in [1.54, 1.807) is 37.3 Å². The topological polar surface area (TPSA) is 88.5 Å². The highest BCUT2D eigenvalue weighted by Crippen LogP contribution is 2.27. The minimum atomic E-state index is -0.750. The summed E-state index contributed by atoms with van der Waals surface area (Å²) in [5.74, 6) is 0.693. The first-order chi connectivity index (χ1) is 15.9. The minimum absolute atomic E-state index is 0.199. The fourth-order valence-electron chi connectivity index (χ4n) is 4.15. The van der Waals surface area contributed by atoms with Gasteiger partial charge in [-0.2, -0.15) is 0 Å². The minimum Gasteiger partial charge on any atom is -0.497 e. The molecular formula is C25H32N2O6. The molecule has 1 fully saturated rings. The molecule has 0 bridgehead atoms. The lowest BCUT2D eigenvalue weighted by molar-refractivity contribution is -0.144. The van der Waals surface area contributed by atoms with Crippen LogP contribution in [0.3, 0.4) is 0 Å². The van der Waals surface area contributed by atoms with Crippen LogP contribution in [0.2, 0.25) is 0 Å². The summed E-state index contributed by atoms with van der Waals surface area (Å²) in [4.78, 5) is 28.2. The summed E-state index contributed by atoms with van der Waals surface area (Å²) in [6.45, 7) is 1.29. The monoisotopic (exact) mass is 456 g/mol. The van der Waals surface area contributed by atoms with Crippen LogP contribution >= 0.6 is 0 Å². The van der Waals surface area contributed by atoms with Crippen molar-refractivity contribution >= 4 is 12.1 Å². The second-order valence-corrected chi connectivity index (χ2v) is 8.27. The predicted octanol–water partition coefficient (Wildman–Crippen LogP) is 3.89. The molecule has 0 aromatic heterocycles. The molecule has 1 N–H and O–H groups in total. The number of hydrogen-bond acceptors (Lipinski definition) is 6. The third-order valence-corrected chi connectivity index (χ3v) is 6.12. The zero-order valence-electron chi connectivity index (χ0n) is 19.4. The van der Waals surface area contributed by atoms with Crippen molar-refractivity contribution in [3.8, 4) is 17.2 Å². The third-order valence-electron chi connectivity index (χ3n) is 6.12. The van der Waals surface area contributed by atoms with Crippen molar-refractivity contribution in [2.75, 3.05) is 34.4 Å². The van der Waals surface area contributed by atoms with E-state index in [1.165, 1.54) is 0 Å². The SMILES string of the molecule is COc1ccc(CN(CCC2CCC(C(=O)O)CN2C)C(=O)Oc2ccccc2)c(OC)c1. The van der Waals surface area contributed by atoms with E-state index in [4.69, 9.17) is 14.2 Å². The van der Waals surface area contributed by atoms with Crippen LogP contribution in [0.25, 0.3) is 0 Å². The van der Waals surface area contributed by atoms with Gasteiger partial charge >= 0.3 is 12.1 Å². The number of benzene rings is 2. The highest BCUT2D eigenvalue weighted by atomic mass is 16.6.